The monoisotopic (exact) mass is 421 g/mol. The minimum atomic E-state index is -4.42. The normalized spacial score (nSPS) is 11.9. The summed E-state index contributed by atoms with van der Waals surface area (Å²) in [5.74, 6) is 0.232. The van der Waals surface area contributed by atoms with Crippen LogP contribution in [0.5, 0.6) is 5.88 Å². The van der Waals surface area contributed by atoms with Crippen LogP contribution >= 0.6 is 0 Å². The van der Waals surface area contributed by atoms with Crippen LogP contribution in [0.25, 0.3) is 10.9 Å². The number of ether oxygens (including phenoxy) is 1. The second-order valence-corrected chi connectivity index (χ2v) is 7.32. The molecule has 0 spiro atoms. The minimum Gasteiger partial charge on any atom is -0.468 e. The van der Waals surface area contributed by atoms with Gasteiger partial charge < -0.3 is 4.74 Å². The van der Waals surface area contributed by atoms with Gasteiger partial charge in [-0.25, -0.2) is 9.97 Å². The number of halogens is 3. The van der Waals surface area contributed by atoms with Crippen molar-refractivity contribution in [2.24, 2.45) is 5.92 Å². The summed E-state index contributed by atoms with van der Waals surface area (Å²) >= 11 is 0. The lowest BCUT2D eigenvalue weighted by atomic mass is 10.2. The van der Waals surface area contributed by atoms with E-state index in [2.05, 4.69) is 15.1 Å². The summed E-state index contributed by atoms with van der Waals surface area (Å²) in [6, 6.07) is 3.46. The molecule has 0 aliphatic rings. The van der Waals surface area contributed by atoms with Crippen molar-refractivity contribution in [3.63, 3.8) is 0 Å². The Morgan fingerprint density at radius 2 is 2.03 bits per heavy atom. The number of nitrogens with zero attached hydrogens (tertiary/aromatic N) is 5. The third-order valence-corrected chi connectivity index (χ3v) is 4.41. The molecule has 10 heteroatoms. The van der Waals surface area contributed by atoms with E-state index in [1.807, 2.05) is 13.8 Å². The molecule has 0 aliphatic carbocycles. The van der Waals surface area contributed by atoms with Gasteiger partial charge in [0.15, 0.2) is 6.61 Å². The van der Waals surface area contributed by atoms with Crippen molar-refractivity contribution >= 4 is 22.6 Å². The van der Waals surface area contributed by atoms with Gasteiger partial charge in [0.1, 0.15) is 5.82 Å². The van der Waals surface area contributed by atoms with Crippen LogP contribution in [-0.2, 0) is 11.3 Å². The van der Waals surface area contributed by atoms with Crippen molar-refractivity contribution in [1.82, 2.24) is 19.7 Å². The zero-order valence-corrected chi connectivity index (χ0v) is 17.1. The van der Waals surface area contributed by atoms with Crippen LogP contribution in [0.1, 0.15) is 25.0 Å². The highest BCUT2D eigenvalue weighted by molar-refractivity contribution is 6.01. The number of pyridine rings is 2. The maximum atomic E-state index is 12.3. The van der Waals surface area contributed by atoms with Gasteiger partial charge in [0.2, 0.25) is 11.8 Å². The Hall–Kier alpha value is -3.17. The molecule has 0 radical (unpaired) electrons. The Morgan fingerprint density at radius 1 is 1.30 bits per heavy atom. The van der Waals surface area contributed by atoms with E-state index in [9.17, 15) is 18.0 Å². The Morgan fingerprint density at radius 3 is 2.67 bits per heavy atom. The van der Waals surface area contributed by atoms with Crippen LogP contribution < -0.4 is 9.64 Å². The zero-order chi connectivity index (χ0) is 22.1. The fraction of sp³-hybridized carbons (Fsp3) is 0.400. The Bertz CT molecular complexity index is 1060. The summed E-state index contributed by atoms with van der Waals surface area (Å²) in [4.78, 5) is 22.2. The number of aryl methyl sites for hydroxylation is 1. The van der Waals surface area contributed by atoms with Gasteiger partial charge in [-0.3, -0.25) is 14.4 Å². The number of hydrogen-bond donors (Lipinski definition) is 0. The average Bonchev–Trinajstić information content (AvgIpc) is 3.07. The summed E-state index contributed by atoms with van der Waals surface area (Å²) in [6.45, 7) is 4.24. The fourth-order valence-electron chi connectivity index (χ4n) is 3.01. The van der Waals surface area contributed by atoms with Crippen LogP contribution in [0.3, 0.4) is 0 Å². The third kappa shape index (κ3) is 4.87. The minimum absolute atomic E-state index is 0.0537. The molecule has 0 atom stereocenters. The zero-order valence-electron chi connectivity index (χ0n) is 17.1. The van der Waals surface area contributed by atoms with Gasteiger partial charge in [0, 0.05) is 37.1 Å². The quantitative estimate of drug-likeness (QED) is 0.606. The summed E-state index contributed by atoms with van der Waals surface area (Å²) in [6.07, 6.45) is 0.416. The van der Waals surface area contributed by atoms with Gasteiger partial charge >= 0.3 is 6.18 Å². The number of aromatic nitrogens is 4. The number of carbonyl (C=O) groups is 1. The maximum Gasteiger partial charge on any atom is 0.422 e. The predicted octanol–water partition coefficient (Wildman–Crippen LogP) is 3.74. The van der Waals surface area contributed by atoms with Gasteiger partial charge in [-0.2, -0.15) is 18.3 Å². The molecule has 160 valence electrons. The number of fused-ring (bicyclic) bond motifs is 1. The Kier molecular flexibility index (Phi) is 5.95. The molecule has 30 heavy (non-hydrogen) atoms. The van der Waals surface area contributed by atoms with Crippen LogP contribution in [0.2, 0.25) is 0 Å². The molecule has 0 aromatic carbocycles. The van der Waals surface area contributed by atoms with Crippen LogP contribution in [0.15, 0.2) is 30.7 Å². The first-order valence-corrected chi connectivity index (χ1v) is 9.30. The largest absolute Gasteiger partial charge is 0.468 e. The summed E-state index contributed by atoms with van der Waals surface area (Å²) < 4.78 is 43.4. The van der Waals surface area contributed by atoms with Gasteiger partial charge in [-0.05, 0) is 24.6 Å². The number of rotatable bonds is 6. The number of amides is 1. The first-order valence-electron chi connectivity index (χ1n) is 9.30. The molecule has 0 bridgehead atoms. The van der Waals surface area contributed by atoms with Crippen LogP contribution in [0, 0.1) is 12.8 Å². The molecule has 3 rings (SSSR count). The van der Waals surface area contributed by atoms with Crippen molar-refractivity contribution in [2.75, 3.05) is 18.6 Å². The molecule has 0 saturated carbocycles. The van der Waals surface area contributed by atoms with Crippen molar-refractivity contribution in [1.29, 1.82) is 0 Å². The summed E-state index contributed by atoms with van der Waals surface area (Å²) in [5.41, 5.74) is 1.93. The topological polar surface area (TPSA) is 73.1 Å². The lowest BCUT2D eigenvalue weighted by molar-refractivity contribution is -0.154. The van der Waals surface area contributed by atoms with E-state index in [0.29, 0.717) is 23.4 Å². The highest BCUT2D eigenvalue weighted by Gasteiger charge is 2.29. The van der Waals surface area contributed by atoms with E-state index in [0.717, 1.165) is 10.9 Å². The molecule has 3 aromatic rings. The van der Waals surface area contributed by atoms with Crippen LogP contribution in [-0.4, -0.2) is 45.5 Å². The second-order valence-electron chi connectivity index (χ2n) is 7.32. The van der Waals surface area contributed by atoms with Gasteiger partial charge in [-0.1, -0.05) is 13.8 Å². The molecular weight excluding hydrogens is 399 g/mol. The molecule has 0 unspecified atom stereocenters. The lowest BCUT2D eigenvalue weighted by Gasteiger charge is -2.18. The highest BCUT2D eigenvalue weighted by Crippen LogP contribution is 2.25. The van der Waals surface area contributed by atoms with E-state index >= 15 is 0 Å². The van der Waals surface area contributed by atoms with Gasteiger partial charge in [0.05, 0.1) is 17.4 Å². The molecular formula is C20H22F3N5O2. The first kappa shape index (κ1) is 21.5. The third-order valence-electron chi connectivity index (χ3n) is 4.41. The highest BCUT2D eigenvalue weighted by atomic mass is 19.4. The number of anilines is 1. The second kappa shape index (κ2) is 8.29. The van der Waals surface area contributed by atoms with E-state index in [4.69, 9.17) is 4.74 Å². The van der Waals surface area contributed by atoms with Crippen molar-refractivity contribution in [3.8, 4) is 5.88 Å². The Balaban J connectivity index is 1.82. The molecule has 0 fully saturated rings. The van der Waals surface area contributed by atoms with Crippen molar-refractivity contribution < 1.29 is 22.7 Å². The molecule has 1 amide bonds. The number of hydrogen-bond acceptors (Lipinski definition) is 5. The molecule has 7 nitrogen and oxygen atoms in total. The smallest absolute Gasteiger partial charge is 0.422 e. The maximum absolute atomic E-state index is 12.3. The predicted molar refractivity (Wildman–Crippen MR) is 105 cm³/mol. The number of alkyl halides is 3. The van der Waals surface area contributed by atoms with Crippen molar-refractivity contribution in [2.45, 2.75) is 33.5 Å². The SMILES string of the molecule is Cc1cc(Cn2cc3c(N(C)C(=O)C(C)C)nccc3n2)cnc1OCC(F)(F)F. The van der Waals surface area contributed by atoms with Gasteiger partial charge in [-0.15, -0.1) is 0 Å². The van der Waals surface area contributed by atoms with Crippen LogP contribution in [0.4, 0.5) is 19.0 Å². The van der Waals surface area contributed by atoms with Crippen molar-refractivity contribution in [3.05, 3.63) is 41.9 Å². The molecule has 0 aliphatic heterocycles. The van der Waals surface area contributed by atoms with E-state index in [-0.39, 0.29) is 17.7 Å². The van der Waals surface area contributed by atoms with E-state index in [1.165, 1.54) is 11.1 Å². The first-order chi connectivity index (χ1) is 14.0. The summed E-state index contributed by atoms with van der Waals surface area (Å²) in [5, 5.41) is 5.23. The standard InChI is InChI=1S/C20H22F3N5O2/c1-12(2)19(29)27(4)17-15-10-28(26-16(15)5-6-24-17)9-14-7-13(3)18(25-8-14)30-11-20(21,22)23/h5-8,10,12H,9,11H2,1-4H3. The average molecular weight is 421 g/mol. The molecule has 3 aromatic heterocycles. The lowest BCUT2D eigenvalue weighted by Crippen LogP contribution is -2.31. The molecule has 3 heterocycles. The molecule has 0 N–H and O–H groups in total. The molecule has 0 saturated heterocycles. The van der Waals surface area contributed by atoms with Gasteiger partial charge in [0.25, 0.3) is 0 Å². The Labute approximate surface area is 171 Å². The van der Waals surface area contributed by atoms with E-state index in [1.54, 1.807) is 43.2 Å². The fourth-order valence-corrected chi connectivity index (χ4v) is 3.01. The summed E-state index contributed by atoms with van der Waals surface area (Å²) in [7, 11) is 1.67. The number of carbonyl (C=O) groups excluding carboxylic acids is 1. The van der Waals surface area contributed by atoms with E-state index < -0.39 is 12.8 Å².